The molecule has 4 rings (SSSR count). The van der Waals surface area contributed by atoms with Gasteiger partial charge >= 0.3 is 0 Å². The Bertz CT molecular complexity index is 248. The summed E-state index contributed by atoms with van der Waals surface area (Å²) in [4.78, 5) is 0. The summed E-state index contributed by atoms with van der Waals surface area (Å²) in [6.07, 6.45) is 11.9. The van der Waals surface area contributed by atoms with Crippen molar-refractivity contribution in [3.63, 3.8) is 0 Å². The van der Waals surface area contributed by atoms with Gasteiger partial charge in [-0.05, 0) is 88.4 Å². The maximum atomic E-state index is 6.10. The van der Waals surface area contributed by atoms with Crippen LogP contribution in [0.2, 0.25) is 0 Å². The van der Waals surface area contributed by atoms with Gasteiger partial charge in [0.25, 0.3) is 0 Å². The molecule has 0 heterocycles. The lowest BCUT2D eigenvalue weighted by molar-refractivity contribution is -0.0407. The quantitative estimate of drug-likeness (QED) is 0.784. The van der Waals surface area contributed by atoms with E-state index in [0.29, 0.717) is 0 Å². The molecule has 0 spiro atoms. The number of hydrogen-bond donors (Lipinski definition) is 1. The Morgan fingerprint density at radius 2 is 1.47 bits per heavy atom. The van der Waals surface area contributed by atoms with Gasteiger partial charge in [-0.3, -0.25) is 0 Å². The van der Waals surface area contributed by atoms with Gasteiger partial charge in [-0.15, -0.1) is 0 Å². The van der Waals surface area contributed by atoms with Crippen LogP contribution in [0.5, 0.6) is 0 Å². The van der Waals surface area contributed by atoms with Crippen LogP contribution in [-0.4, -0.2) is 5.54 Å². The minimum Gasteiger partial charge on any atom is -0.326 e. The second-order valence-electron chi connectivity index (χ2n) is 7.98. The van der Waals surface area contributed by atoms with Crippen LogP contribution in [0.15, 0.2) is 0 Å². The lowest BCUT2D eigenvalue weighted by Gasteiger charge is -2.54. The molecule has 17 heavy (non-hydrogen) atoms. The molecule has 4 bridgehead atoms. The molecule has 1 heteroatoms. The molecule has 0 radical (unpaired) electrons. The largest absolute Gasteiger partial charge is 0.326 e. The monoisotopic (exact) mass is 235 g/mol. The lowest BCUT2D eigenvalue weighted by atomic mass is 9.51. The molecule has 4 saturated carbocycles. The SMILES string of the molecule is CC(C)(N)CCCC1C2CC3CC(C2)CC1C3. The predicted octanol–water partition coefficient (Wildman–Crippen LogP) is 3.97. The molecule has 0 amide bonds. The molecule has 0 aromatic rings. The maximum Gasteiger partial charge on any atom is 0.00970 e. The summed E-state index contributed by atoms with van der Waals surface area (Å²) in [5.41, 5.74) is 6.14. The molecule has 0 saturated heterocycles. The highest BCUT2D eigenvalue weighted by Gasteiger charge is 2.47. The van der Waals surface area contributed by atoms with E-state index in [9.17, 15) is 0 Å². The fraction of sp³-hybridized carbons (Fsp3) is 1.00. The summed E-state index contributed by atoms with van der Waals surface area (Å²) >= 11 is 0. The third-order valence-corrected chi connectivity index (χ3v) is 5.78. The average molecular weight is 235 g/mol. The first-order valence-corrected chi connectivity index (χ1v) is 7.80. The molecule has 4 aliphatic rings. The Hall–Kier alpha value is -0.0400. The lowest BCUT2D eigenvalue weighted by Crippen LogP contribution is -2.45. The van der Waals surface area contributed by atoms with Gasteiger partial charge in [0.1, 0.15) is 0 Å². The van der Waals surface area contributed by atoms with Gasteiger partial charge in [-0.25, -0.2) is 0 Å². The topological polar surface area (TPSA) is 26.0 Å². The van der Waals surface area contributed by atoms with Gasteiger partial charge in [0, 0.05) is 5.54 Å². The van der Waals surface area contributed by atoms with E-state index in [4.69, 9.17) is 5.73 Å². The molecule has 4 fully saturated rings. The van der Waals surface area contributed by atoms with E-state index in [1.165, 1.54) is 19.3 Å². The number of hydrogen-bond acceptors (Lipinski definition) is 1. The Labute approximate surface area is 107 Å². The molecule has 98 valence electrons. The Kier molecular flexibility index (Phi) is 3.01. The van der Waals surface area contributed by atoms with E-state index in [0.717, 1.165) is 29.6 Å². The molecular formula is C16H29N. The molecule has 0 aromatic carbocycles. The highest BCUT2D eigenvalue weighted by molar-refractivity contribution is 4.98. The van der Waals surface area contributed by atoms with Gasteiger partial charge in [-0.2, -0.15) is 0 Å². The highest BCUT2D eigenvalue weighted by Crippen LogP contribution is 2.57. The van der Waals surface area contributed by atoms with Crippen molar-refractivity contribution in [3.05, 3.63) is 0 Å². The third kappa shape index (κ3) is 2.54. The Morgan fingerprint density at radius 3 is 1.94 bits per heavy atom. The van der Waals surface area contributed by atoms with Crippen molar-refractivity contribution in [1.29, 1.82) is 0 Å². The smallest absolute Gasteiger partial charge is 0.00970 e. The predicted molar refractivity (Wildman–Crippen MR) is 72.7 cm³/mol. The van der Waals surface area contributed by atoms with Crippen LogP contribution >= 0.6 is 0 Å². The standard InChI is InChI=1S/C16H29N/c1-16(2,17)5-3-4-15-13-7-11-6-12(9-13)10-14(15)8-11/h11-15H,3-10,17H2,1-2H3. The van der Waals surface area contributed by atoms with Crippen LogP contribution in [0.3, 0.4) is 0 Å². The maximum absolute atomic E-state index is 6.10. The Balaban J connectivity index is 1.54. The minimum atomic E-state index is 0.0475. The van der Waals surface area contributed by atoms with Crippen molar-refractivity contribution in [1.82, 2.24) is 0 Å². The molecule has 4 aliphatic carbocycles. The van der Waals surface area contributed by atoms with Gasteiger partial charge in [0.2, 0.25) is 0 Å². The minimum absolute atomic E-state index is 0.0475. The molecule has 1 nitrogen and oxygen atoms in total. The zero-order chi connectivity index (χ0) is 12.0. The molecule has 0 atom stereocenters. The van der Waals surface area contributed by atoms with Gasteiger partial charge in [0.05, 0.1) is 0 Å². The van der Waals surface area contributed by atoms with E-state index < -0.39 is 0 Å². The third-order valence-electron chi connectivity index (χ3n) is 5.78. The summed E-state index contributed by atoms with van der Waals surface area (Å²) in [6, 6.07) is 0. The molecule has 0 aliphatic heterocycles. The molecule has 2 N–H and O–H groups in total. The van der Waals surface area contributed by atoms with Crippen LogP contribution in [-0.2, 0) is 0 Å². The number of rotatable bonds is 4. The zero-order valence-electron chi connectivity index (χ0n) is 11.6. The van der Waals surface area contributed by atoms with Gasteiger partial charge in [-0.1, -0.05) is 6.42 Å². The van der Waals surface area contributed by atoms with E-state index in [-0.39, 0.29) is 5.54 Å². The van der Waals surface area contributed by atoms with Crippen molar-refractivity contribution in [3.8, 4) is 0 Å². The molecule has 0 aromatic heterocycles. The fourth-order valence-electron chi connectivity index (χ4n) is 5.30. The zero-order valence-corrected chi connectivity index (χ0v) is 11.6. The number of nitrogens with two attached hydrogens (primary N) is 1. The van der Waals surface area contributed by atoms with E-state index in [1.807, 2.05) is 0 Å². The Morgan fingerprint density at radius 1 is 0.941 bits per heavy atom. The molecular weight excluding hydrogens is 206 g/mol. The van der Waals surface area contributed by atoms with Crippen molar-refractivity contribution >= 4 is 0 Å². The van der Waals surface area contributed by atoms with E-state index in [1.54, 1.807) is 32.1 Å². The van der Waals surface area contributed by atoms with Crippen molar-refractivity contribution in [2.24, 2.45) is 35.3 Å². The normalized spacial score (nSPS) is 44.3. The van der Waals surface area contributed by atoms with Crippen molar-refractivity contribution < 1.29 is 0 Å². The summed E-state index contributed by atoms with van der Waals surface area (Å²) < 4.78 is 0. The van der Waals surface area contributed by atoms with Crippen LogP contribution in [0.1, 0.15) is 65.2 Å². The first-order valence-electron chi connectivity index (χ1n) is 7.80. The average Bonchev–Trinajstić information content (AvgIpc) is 2.19. The first-order chi connectivity index (χ1) is 8.01. The van der Waals surface area contributed by atoms with E-state index >= 15 is 0 Å². The summed E-state index contributed by atoms with van der Waals surface area (Å²) in [5, 5.41) is 0. The highest BCUT2D eigenvalue weighted by atomic mass is 14.7. The second-order valence-corrected chi connectivity index (χ2v) is 7.98. The van der Waals surface area contributed by atoms with Crippen molar-refractivity contribution in [2.45, 2.75) is 70.8 Å². The van der Waals surface area contributed by atoms with Gasteiger partial charge in [0.15, 0.2) is 0 Å². The van der Waals surface area contributed by atoms with Gasteiger partial charge < -0.3 is 5.73 Å². The van der Waals surface area contributed by atoms with Crippen LogP contribution in [0, 0.1) is 29.6 Å². The first kappa shape index (κ1) is 12.0. The van der Waals surface area contributed by atoms with Crippen LogP contribution in [0.25, 0.3) is 0 Å². The van der Waals surface area contributed by atoms with Crippen molar-refractivity contribution in [2.75, 3.05) is 0 Å². The summed E-state index contributed by atoms with van der Waals surface area (Å²) in [6.45, 7) is 4.34. The fourth-order valence-corrected chi connectivity index (χ4v) is 5.30. The second kappa shape index (κ2) is 4.26. The summed E-state index contributed by atoms with van der Waals surface area (Å²) in [5.74, 6) is 5.53. The summed E-state index contributed by atoms with van der Waals surface area (Å²) in [7, 11) is 0. The van der Waals surface area contributed by atoms with Crippen LogP contribution in [0.4, 0.5) is 0 Å². The molecule has 0 unspecified atom stereocenters. The van der Waals surface area contributed by atoms with E-state index in [2.05, 4.69) is 13.8 Å². The van der Waals surface area contributed by atoms with Crippen LogP contribution < -0.4 is 5.73 Å².